The number of amides is 1. The van der Waals surface area contributed by atoms with Crippen molar-refractivity contribution in [3.8, 4) is 0 Å². The standard InChI is InChI=1S/C16H16BrN3O/c1-10(18)12-7-6-11(8-13(12)17)20-9-16(21)19-14-4-2-3-5-15(14)20/h2-8,10H,9,18H2,1H3,(H,19,21). The second kappa shape index (κ2) is 5.50. The molecule has 108 valence electrons. The van der Waals surface area contributed by atoms with Crippen molar-refractivity contribution in [2.45, 2.75) is 13.0 Å². The number of carbonyl (C=O) groups is 1. The molecule has 1 amide bonds. The average molecular weight is 346 g/mol. The Morgan fingerprint density at radius 3 is 2.76 bits per heavy atom. The van der Waals surface area contributed by atoms with Crippen LogP contribution in [0.3, 0.4) is 0 Å². The maximum absolute atomic E-state index is 11.9. The van der Waals surface area contributed by atoms with Crippen LogP contribution in [-0.4, -0.2) is 12.5 Å². The van der Waals surface area contributed by atoms with Gasteiger partial charge in [-0.2, -0.15) is 0 Å². The fourth-order valence-electron chi connectivity index (χ4n) is 2.52. The first-order valence-corrected chi connectivity index (χ1v) is 7.57. The van der Waals surface area contributed by atoms with Gasteiger partial charge in [-0.25, -0.2) is 0 Å². The monoisotopic (exact) mass is 345 g/mol. The number of hydrogen-bond acceptors (Lipinski definition) is 3. The molecule has 21 heavy (non-hydrogen) atoms. The summed E-state index contributed by atoms with van der Waals surface area (Å²) in [7, 11) is 0. The van der Waals surface area contributed by atoms with Crippen LogP contribution in [-0.2, 0) is 4.79 Å². The van der Waals surface area contributed by atoms with Crippen LogP contribution in [0.1, 0.15) is 18.5 Å². The predicted molar refractivity (Wildman–Crippen MR) is 88.8 cm³/mol. The Morgan fingerprint density at radius 1 is 1.29 bits per heavy atom. The van der Waals surface area contributed by atoms with E-state index in [1.807, 2.05) is 54.3 Å². The van der Waals surface area contributed by atoms with E-state index in [0.29, 0.717) is 6.54 Å². The van der Waals surface area contributed by atoms with Gasteiger partial charge in [-0.15, -0.1) is 0 Å². The highest BCUT2D eigenvalue weighted by Gasteiger charge is 2.23. The lowest BCUT2D eigenvalue weighted by molar-refractivity contribution is -0.115. The number of para-hydroxylation sites is 2. The number of rotatable bonds is 2. The normalized spacial score (nSPS) is 15.4. The SMILES string of the molecule is CC(N)c1ccc(N2CC(=O)Nc3ccccc32)cc1Br. The third-order valence-electron chi connectivity index (χ3n) is 3.56. The van der Waals surface area contributed by atoms with Crippen LogP contribution >= 0.6 is 15.9 Å². The lowest BCUT2D eigenvalue weighted by atomic mass is 10.1. The van der Waals surface area contributed by atoms with Crippen molar-refractivity contribution in [2.24, 2.45) is 5.73 Å². The van der Waals surface area contributed by atoms with Crippen LogP contribution in [0, 0.1) is 0 Å². The summed E-state index contributed by atoms with van der Waals surface area (Å²) in [4.78, 5) is 13.9. The lowest BCUT2D eigenvalue weighted by Crippen LogP contribution is -2.35. The van der Waals surface area contributed by atoms with Gasteiger partial charge in [-0.1, -0.05) is 34.1 Å². The van der Waals surface area contributed by atoms with E-state index >= 15 is 0 Å². The molecular weight excluding hydrogens is 330 g/mol. The summed E-state index contributed by atoms with van der Waals surface area (Å²) in [6, 6.07) is 13.8. The Kier molecular flexibility index (Phi) is 3.69. The molecule has 0 radical (unpaired) electrons. The minimum Gasteiger partial charge on any atom is -0.330 e. The number of hydrogen-bond donors (Lipinski definition) is 2. The molecule has 3 rings (SSSR count). The average Bonchev–Trinajstić information content (AvgIpc) is 2.45. The van der Waals surface area contributed by atoms with Gasteiger partial charge in [-0.05, 0) is 36.8 Å². The van der Waals surface area contributed by atoms with E-state index in [0.717, 1.165) is 27.1 Å². The van der Waals surface area contributed by atoms with E-state index < -0.39 is 0 Å². The molecule has 1 atom stereocenters. The molecular formula is C16H16BrN3O. The van der Waals surface area contributed by atoms with E-state index in [1.54, 1.807) is 0 Å². The fraction of sp³-hybridized carbons (Fsp3) is 0.188. The summed E-state index contributed by atoms with van der Waals surface area (Å²) < 4.78 is 0.957. The highest BCUT2D eigenvalue weighted by atomic mass is 79.9. The molecule has 0 bridgehead atoms. The molecule has 1 aliphatic heterocycles. The largest absolute Gasteiger partial charge is 0.330 e. The van der Waals surface area contributed by atoms with Crippen LogP contribution in [0.15, 0.2) is 46.9 Å². The number of halogens is 1. The Bertz CT molecular complexity index is 700. The summed E-state index contributed by atoms with van der Waals surface area (Å²) >= 11 is 3.56. The van der Waals surface area contributed by atoms with Crippen molar-refractivity contribution >= 4 is 38.9 Å². The van der Waals surface area contributed by atoms with Gasteiger partial charge in [0, 0.05) is 16.2 Å². The number of carbonyl (C=O) groups excluding carboxylic acids is 1. The van der Waals surface area contributed by atoms with Crippen molar-refractivity contribution in [1.82, 2.24) is 0 Å². The van der Waals surface area contributed by atoms with Crippen molar-refractivity contribution < 1.29 is 4.79 Å². The molecule has 0 spiro atoms. The fourth-order valence-corrected chi connectivity index (χ4v) is 3.24. The van der Waals surface area contributed by atoms with Crippen molar-refractivity contribution in [1.29, 1.82) is 0 Å². The van der Waals surface area contributed by atoms with Gasteiger partial charge in [0.1, 0.15) is 6.54 Å². The summed E-state index contributed by atoms with van der Waals surface area (Å²) in [6.45, 7) is 2.25. The first-order valence-electron chi connectivity index (χ1n) is 6.77. The lowest BCUT2D eigenvalue weighted by Gasteiger charge is -2.31. The Hall–Kier alpha value is -1.85. The predicted octanol–water partition coefficient (Wildman–Crippen LogP) is 3.56. The van der Waals surface area contributed by atoms with E-state index in [4.69, 9.17) is 5.73 Å². The zero-order valence-corrected chi connectivity index (χ0v) is 13.2. The van der Waals surface area contributed by atoms with E-state index in [2.05, 4.69) is 21.2 Å². The molecule has 2 aromatic rings. The quantitative estimate of drug-likeness (QED) is 0.874. The van der Waals surface area contributed by atoms with E-state index in [-0.39, 0.29) is 11.9 Å². The molecule has 1 heterocycles. The minimum absolute atomic E-state index is 0.0129. The summed E-state index contributed by atoms with van der Waals surface area (Å²) in [5.74, 6) is -0.0129. The van der Waals surface area contributed by atoms with Crippen LogP contribution in [0.2, 0.25) is 0 Å². The molecule has 0 fully saturated rings. The van der Waals surface area contributed by atoms with Crippen molar-refractivity contribution in [3.05, 3.63) is 52.5 Å². The van der Waals surface area contributed by atoms with Crippen LogP contribution in [0.25, 0.3) is 0 Å². The second-order valence-electron chi connectivity index (χ2n) is 5.15. The molecule has 0 aromatic heterocycles. The summed E-state index contributed by atoms with van der Waals surface area (Å²) in [5, 5.41) is 2.89. The molecule has 5 heteroatoms. The zero-order valence-electron chi connectivity index (χ0n) is 11.6. The third kappa shape index (κ3) is 2.66. The Balaban J connectivity index is 2.05. The van der Waals surface area contributed by atoms with Gasteiger partial charge in [0.2, 0.25) is 5.91 Å². The molecule has 0 saturated heterocycles. The number of nitrogens with zero attached hydrogens (tertiary/aromatic N) is 1. The number of anilines is 3. The molecule has 3 N–H and O–H groups in total. The van der Waals surface area contributed by atoms with Crippen LogP contribution in [0.4, 0.5) is 17.1 Å². The van der Waals surface area contributed by atoms with Gasteiger partial charge < -0.3 is 16.0 Å². The van der Waals surface area contributed by atoms with Gasteiger partial charge in [-0.3, -0.25) is 4.79 Å². The highest BCUT2D eigenvalue weighted by Crippen LogP contribution is 2.36. The van der Waals surface area contributed by atoms with E-state index in [9.17, 15) is 4.79 Å². The topological polar surface area (TPSA) is 58.4 Å². The zero-order chi connectivity index (χ0) is 15.0. The molecule has 1 aliphatic rings. The number of fused-ring (bicyclic) bond motifs is 1. The smallest absolute Gasteiger partial charge is 0.244 e. The van der Waals surface area contributed by atoms with E-state index in [1.165, 1.54) is 0 Å². The van der Waals surface area contributed by atoms with Gasteiger partial charge in [0.15, 0.2) is 0 Å². The van der Waals surface area contributed by atoms with Crippen LogP contribution in [0.5, 0.6) is 0 Å². The molecule has 1 unspecified atom stereocenters. The summed E-state index contributed by atoms with van der Waals surface area (Å²) in [6.07, 6.45) is 0. The third-order valence-corrected chi connectivity index (χ3v) is 4.24. The first-order chi connectivity index (χ1) is 10.1. The minimum atomic E-state index is -0.0367. The second-order valence-corrected chi connectivity index (χ2v) is 6.00. The Morgan fingerprint density at radius 2 is 2.05 bits per heavy atom. The first kappa shape index (κ1) is 14.1. The van der Waals surface area contributed by atoms with Crippen molar-refractivity contribution in [3.63, 3.8) is 0 Å². The molecule has 0 aliphatic carbocycles. The molecule has 4 nitrogen and oxygen atoms in total. The number of benzene rings is 2. The number of nitrogens with two attached hydrogens (primary N) is 1. The number of nitrogens with one attached hydrogen (secondary N) is 1. The van der Waals surface area contributed by atoms with Gasteiger partial charge in [0.05, 0.1) is 11.4 Å². The molecule has 2 aromatic carbocycles. The summed E-state index contributed by atoms with van der Waals surface area (Å²) in [5.41, 5.74) is 9.78. The maximum atomic E-state index is 11.9. The van der Waals surface area contributed by atoms with Gasteiger partial charge in [0.25, 0.3) is 0 Å². The maximum Gasteiger partial charge on any atom is 0.244 e. The van der Waals surface area contributed by atoms with Crippen molar-refractivity contribution in [2.75, 3.05) is 16.8 Å². The molecule has 0 saturated carbocycles. The van der Waals surface area contributed by atoms with Gasteiger partial charge >= 0.3 is 0 Å². The Labute approximate surface area is 132 Å². The van der Waals surface area contributed by atoms with Crippen LogP contribution < -0.4 is 16.0 Å². The highest BCUT2D eigenvalue weighted by molar-refractivity contribution is 9.10.